The van der Waals surface area contributed by atoms with Gasteiger partial charge >= 0.3 is 0 Å². The lowest BCUT2D eigenvalue weighted by Crippen LogP contribution is -2.14. The van der Waals surface area contributed by atoms with Crippen LogP contribution in [0.2, 0.25) is 0 Å². The predicted octanol–water partition coefficient (Wildman–Crippen LogP) is 6.64. The Morgan fingerprint density at radius 2 is 1.73 bits per heavy atom. The molecular weight excluding hydrogens is 476 g/mol. The highest BCUT2D eigenvalue weighted by molar-refractivity contribution is 9.10. The van der Waals surface area contributed by atoms with Crippen molar-refractivity contribution in [3.8, 4) is 17.0 Å². The molecule has 1 aromatic heterocycles. The SMILES string of the molecule is COc1nc2ccc(Br)cc2cc1C(CC(C)O)c1ccc(N(C)C)cc1-c1ccccc1. The van der Waals surface area contributed by atoms with Gasteiger partial charge < -0.3 is 14.7 Å². The van der Waals surface area contributed by atoms with Crippen molar-refractivity contribution in [3.05, 3.63) is 88.4 Å². The van der Waals surface area contributed by atoms with E-state index in [0.29, 0.717) is 12.3 Å². The number of anilines is 1. The highest BCUT2D eigenvalue weighted by Gasteiger charge is 2.25. The third-order valence-corrected chi connectivity index (χ3v) is 6.42. The van der Waals surface area contributed by atoms with Gasteiger partial charge in [0.25, 0.3) is 0 Å². The molecule has 2 unspecified atom stereocenters. The van der Waals surface area contributed by atoms with Gasteiger partial charge in [-0.25, -0.2) is 4.98 Å². The monoisotopic (exact) mass is 504 g/mol. The summed E-state index contributed by atoms with van der Waals surface area (Å²) in [6.07, 6.45) is 0.0636. The lowest BCUT2D eigenvalue weighted by Gasteiger charge is -2.26. The molecule has 0 spiro atoms. The summed E-state index contributed by atoms with van der Waals surface area (Å²) in [6.45, 7) is 1.83. The summed E-state index contributed by atoms with van der Waals surface area (Å²) < 4.78 is 6.76. The molecule has 0 aliphatic rings. The molecule has 1 heterocycles. The standard InChI is InChI=1S/C28H29BrN2O2/c1-18(32)14-25(26-16-20-15-21(29)10-13-27(20)30-28(26)33-4)23-12-11-22(31(2)3)17-24(23)19-8-6-5-7-9-19/h5-13,15-18,25,32H,14H2,1-4H3. The van der Waals surface area contributed by atoms with Gasteiger partial charge in [0, 0.05) is 41.1 Å². The summed E-state index contributed by atoms with van der Waals surface area (Å²) in [5.74, 6) is 0.494. The van der Waals surface area contributed by atoms with Crippen LogP contribution in [0, 0.1) is 0 Å². The van der Waals surface area contributed by atoms with Gasteiger partial charge in [0.2, 0.25) is 5.88 Å². The van der Waals surface area contributed by atoms with Crippen molar-refractivity contribution in [1.82, 2.24) is 4.98 Å². The number of benzene rings is 3. The minimum Gasteiger partial charge on any atom is -0.481 e. The van der Waals surface area contributed by atoms with E-state index in [1.54, 1.807) is 7.11 Å². The first-order valence-electron chi connectivity index (χ1n) is 11.1. The molecular formula is C28H29BrN2O2. The van der Waals surface area contributed by atoms with Crippen LogP contribution in [-0.4, -0.2) is 37.4 Å². The molecule has 1 N–H and O–H groups in total. The van der Waals surface area contributed by atoms with E-state index in [9.17, 15) is 5.11 Å². The van der Waals surface area contributed by atoms with Gasteiger partial charge in [-0.05, 0) is 66.4 Å². The molecule has 0 bridgehead atoms. The number of methoxy groups -OCH3 is 1. The highest BCUT2D eigenvalue weighted by Crippen LogP contribution is 2.42. The van der Waals surface area contributed by atoms with E-state index in [1.807, 2.05) is 39.2 Å². The van der Waals surface area contributed by atoms with Crippen molar-refractivity contribution >= 4 is 32.5 Å². The fourth-order valence-corrected chi connectivity index (χ4v) is 4.69. The summed E-state index contributed by atoms with van der Waals surface area (Å²) >= 11 is 3.57. The number of rotatable bonds is 7. The molecule has 170 valence electrons. The van der Waals surface area contributed by atoms with E-state index in [2.05, 4.69) is 75.4 Å². The summed E-state index contributed by atoms with van der Waals surface area (Å²) in [7, 11) is 5.75. The number of ether oxygens (including phenoxy) is 1. The van der Waals surface area contributed by atoms with E-state index in [0.717, 1.165) is 43.3 Å². The van der Waals surface area contributed by atoms with E-state index < -0.39 is 6.10 Å². The molecule has 0 amide bonds. The van der Waals surface area contributed by atoms with Crippen LogP contribution in [0.25, 0.3) is 22.0 Å². The van der Waals surface area contributed by atoms with Gasteiger partial charge in [-0.15, -0.1) is 0 Å². The molecule has 4 aromatic rings. The number of aliphatic hydroxyl groups is 1. The van der Waals surface area contributed by atoms with Gasteiger partial charge in [0.05, 0.1) is 18.7 Å². The molecule has 0 aliphatic heterocycles. The normalized spacial score (nSPS) is 13.0. The first kappa shape index (κ1) is 23.3. The molecule has 0 saturated carbocycles. The number of aliphatic hydroxyl groups excluding tert-OH is 1. The predicted molar refractivity (Wildman–Crippen MR) is 140 cm³/mol. The topological polar surface area (TPSA) is 45.6 Å². The van der Waals surface area contributed by atoms with Crippen LogP contribution in [0.5, 0.6) is 5.88 Å². The van der Waals surface area contributed by atoms with Crippen molar-refractivity contribution in [1.29, 1.82) is 0 Å². The molecule has 4 rings (SSSR count). The fourth-order valence-electron chi connectivity index (χ4n) is 4.32. The Hall–Kier alpha value is -2.89. The minimum absolute atomic E-state index is 0.0951. The van der Waals surface area contributed by atoms with Crippen LogP contribution in [-0.2, 0) is 0 Å². The van der Waals surface area contributed by atoms with Gasteiger partial charge in [-0.1, -0.05) is 52.3 Å². The second-order valence-electron chi connectivity index (χ2n) is 8.59. The summed E-state index contributed by atoms with van der Waals surface area (Å²) in [5.41, 5.74) is 6.40. The van der Waals surface area contributed by atoms with Crippen molar-refractivity contribution in [2.45, 2.75) is 25.4 Å². The Morgan fingerprint density at radius 1 is 0.970 bits per heavy atom. The number of nitrogens with zero attached hydrogens (tertiary/aromatic N) is 2. The van der Waals surface area contributed by atoms with Crippen molar-refractivity contribution in [2.24, 2.45) is 0 Å². The van der Waals surface area contributed by atoms with Crippen LogP contribution in [0.4, 0.5) is 5.69 Å². The molecule has 5 heteroatoms. The smallest absolute Gasteiger partial charge is 0.217 e. The number of pyridine rings is 1. The molecule has 4 nitrogen and oxygen atoms in total. The maximum absolute atomic E-state index is 10.5. The second kappa shape index (κ2) is 9.94. The third kappa shape index (κ3) is 5.05. The Kier molecular flexibility index (Phi) is 7.01. The maximum atomic E-state index is 10.5. The third-order valence-electron chi connectivity index (χ3n) is 5.93. The molecule has 0 fully saturated rings. The van der Waals surface area contributed by atoms with E-state index >= 15 is 0 Å². The zero-order valence-corrected chi connectivity index (χ0v) is 21.0. The van der Waals surface area contributed by atoms with Gasteiger partial charge in [0.15, 0.2) is 0 Å². The highest BCUT2D eigenvalue weighted by atomic mass is 79.9. The van der Waals surface area contributed by atoms with Crippen molar-refractivity contribution < 1.29 is 9.84 Å². The van der Waals surface area contributed by atoms with E-state index in [1.165, 1.54) is 0 Å². The second-order valence-corrected chi connectivity index (χ2v) is 9.51. The van der Waals surface area contributed by atoms with Crippen LogP contribution in [0.3, 0.4) is 0 Å². The molecule has 0 saturated heterocycles. The lowest BCUT2D eigenvalue weighted by atomic mass is 9.82. The lowest BCUT2D eigenvalue weighted by molar-refractivity contribution is 0.178. The average molecular weight is 505 g/mol. The maximum Gasteiger partial charge on any atom is 0.217 e. The number of halogens is 1. The molecule has 0 aliphatic carbocycles. The average Bonchev–Trinajstić information content (AvgIpc) is 2.81. The number of hydrogen-bond donors (Lipinski definition) is 1. The molecule has 2 atom stereocenters. The Morgan fingerprint density at radius 3 is 2.39 bits per heavy atom. The fraction of sp³-hybridized carbons (Fsp3) is 0.250. The molecule has 0 radical (unpaired) electrons. The molecule has 3 aromatic carbocycles. The Labute approximate surface area is 204 Å². The number of hydrogen-bond acceptors (Lipinski definition) is 4. The Balaban J connectivity index is 1.97. The zero-order chi connectivity index (χ0) is 23.5. The number of aromatic nitrogens is 1. The first-order valence-corrected chi connectivity index (χ1v) is 11.9. The summed E-state index contributed by atoms with van der Waals surface area (Å²) in [6, 6.07) is 25.1. The van der Waals surface area contributed by atoms with Crippen LogP contribution in [0.15, 0.2) is 77.3 Å². The van der Waals surface area contributed by atoms with Crippen LogP contribution < -0.4 is 9.64 Å². The largest absolute Gasteiger partial charge is 0.481 e. The van der Waals surface area contributed by atoms with E-state index in [-0.39, 0.29) is 5.92 Å². The van der Waals surface area contributed by atoms with Crippen LogP contribution in [0.1, 0.15) is 30.4 Å². The van der Waals surface area contributed by atoms with Crippen LogP contribution >= 0.6 is 15.9 Å². The van der Waals surface area contributed by atoms with Crippen molar-refractivity contribution in [2.75, 3.05) is 26.1 Å². The summed E-state index contributed by atoms with van der Waals surface area (Å²) in [5, 5.41) is 11.5. The quantitative estimate of drug-likeness (QED) is 0.306. The summed E-state index contributed by atoms with van der Waals surface area (Å²) in [4.78, 5) is 6.91. The first-order chi connectivity index (χ1) is 15.9. The van der Waals surface area contributed by atoms with Gasteiger partial charge in [0.1, 0.15) is 0 Å². The van der Waals surface area contributed by atoms with E-state index in [4.69, 9.17) is 9.72 Å². The zero-order valence-electron chi connectivity index (χ0n) is 19.4. The van der Waals surface area contributed by atoms with Gasteiger partial charge in [-0.3, -0.25) is 0 Å². The number of fused-ring (bicyclic) bond motifs is 1. The van der Waals surface area contributed by atoms with Gasteiger partial charge in [-0.2, -0.15) is 0 Å². The minimum atomic E-state index is -0.491. The van der Waals surface area contributed by atoms with Crippen molar-refractivity contribution in [3.63, 3.8) is 0 Å². The molecule has 33 heavy (non-hydrogen) atoms. The Bertz CT molecular complexity index is 1260.